The Kier molecular flexibility index (Phi) is 2.72. The molecule has 0 amide bonds. The molecule has 114 valence electrons. The molecule has 1 N–H and O–H groups in total. The molecule has 5 heteroatoms. The van der Waals surface area contributed by atoms with Crippen molar-refractivity contribution in [2.45, 2.75) is 43.3 Å². The number of benzene rings is 1. The Bertz CT molecular complexity index is 780. The first kappa shape index (κ1) is 13.5. The highest BCUT2D eigenvalue weighted by Gasteiger charge is 2.65. The highest BCUT2D eigenvalue weighted by Crippen LogP contribution is 2.48. The van der Waals surface area contributed by atoms with Gasteiger partial charge in [0.15, 0.2) is 0 Å². The van der Waals surface area contributed by atoms with Gasteiger partial charge in [-0.1, -0.05) is 24.6 Å². The van der Waals surface area contributed by atoms with Crippen molar-refractivity contribution in [3.8, 4) is 0 Å². The lowest BCUT2D eigenvalue weighted by atomic mass is 9.71. The van der Waals surface area contributed by atoms with Gasteiger partial charge in [-0.3, -0.25) is 14.2 Å². The third-order valence-corrected chi connectivity index (χ3v) is 5.01. The maximum absolute atomic E-state index is 13.2. The number of rotatable bonds is 1. The number of nitrogens with zero attached hydrogens (tertiary/aromatic N) is 1. The molecule has 1 saturated carbocycles. The fourth-order valence-electron chi connectivity index (χ4n) is 3.88. The first-order valence-corrected chi connectivity index (χ1v) is 7.61. The van der Waals surface area contributed by atoms with Gasteiger partial charge in [0.05, 0.1) is 11.9 Å². The number of carbonyl (C=O) groups excluding carboxylic acids is 2. The minimum atomic E-state index is -1.44. The smallest absolute Gasteiger partial charge is 0.310 e. The fourth-order valence-corrected chi connectivity index (χ4v) is 3.88. The molecule has 5 nitrogen and oxygen atoms in total. The lowest BCUT2D eigenvalue weighted by Gasteiger charge is -2.41. The van der Waals surface area contributed by atoms with Gasteiger partial charge in [0, 0.05) is 11.6 Å². The number of carbonyl (C=O) groups is 2. The van der Waals surface area contributed by atoms with Crippen molar-refractivity contribution in [1.29, 1.82) is 0 Å². The second-order valence-corrected chi connectivity index (χ2v) is 6.27. The van der Waals surface area contributed by atoms with Crippen molar-refractivity contribution in [3.63, 3.8) is 0 Å². The number of aliphatic hydroxyl groups is 1. The summed E-state index contributed by atoms with van der Waals surface area (Å²) in [5.41, 5.74) is -2.06. The Balaban J connectivity index is 1.85. The van der Waals surface area contributed by atoms with Crippen LogP contribution in [0.4, 0.5) is 0 Å². The van der Waals surface area contributed by atoms with Crippen LogP contribution in [-0.2, 0) is 9.53 Å². The molecular weight excluding hydrogens is 282 g/mol. The number of para-hydroxylation sites is 1. The molecule has 22 heavy (non-hydrogen) atoms. The van der Waals surface area contributed by atoms with E-state index in [0.29, 0.717) is 12.8 Å². The zero-order valence-corrected chi connectivity index (χ0v) is 12.1. The summed E-state index contributed by atoms with van der Waals surface area (Å²) >= 11 is 0. The Morgan fingerprint density at radius 3 is 2.82 bits per heavy atom. The molecule has 2 heterocycles. The van der Waals surface area contributed by atoms with Gasteiger partial charge in [0.25, 0.3) is 5.91 Å². The Morgan fingerprint density at radius 1 is 1.18 bits per heavy atom. The number of hydrogen-bond acceptors (Lipinski definition) is 4. The molecule has 4 rings (SSSR count). The van der Waals surface area contributed by atoms with Gasteiger partial charge in [0.2, 0.25) is 5.60 Å². The summed E-state index contributed by atoms with van der Waals surface area (Å²) < 4.78 is 6.94. The van der Waals surface area contributed by atoms with Crippen LogP contribution < -0.4 is 0 Å². The number of aromatic nitrogens is 1. The van der Waals surface area contributed by atoms with E-state index in [4.69, 9.17) is 4.74 Å². The van der Waals surface area contributed by atoms with Crippen molar-refractivity contribution < 1.29 is 19.4 Å². The standard InChI is InChI=1S/C17H17NO4/c19-14-11-16(21)8-3-4-9-17(16,22-14)15(20)18-10-7-12-5-1-2-6-13(12)18/h1-2,5-7,10,21H,3-4,8-9,11H2/t16-,17+/m0/s1. The van der Waals surface area contributed by atoms with Crippen LogP contribution in [0.3, 0.4) is 0 Å². The van der Waals surface area contributed by atoms with E-state index < -0.39 is 17.2 Å². The summed E-state index contributed by atoms with van der Waals surface area (Å²) in [5, 5.41) is 11.8. The molecule has 1 aromatic heterocycles. The topological polar surface area (TPSA) is 68.5 Å². The van der Waals surface area contributed by atoms with E-state index in [9.17, 15) is 14.7 Å². The third kappa shape index (κ3) is 1.63. The highest BCUT2D eigenvalue weighted by atomic mass is 16.6. The van der Waals surface area contributed by atoms with Gasteiger partial charge >= 0.3 is 5.97 Å². The number of hydrogen-bond donors (Lipinski definition) is 1. The molecule has 0 radical (unpaired) electrons. The van der Waals surface area contributed by atoms with Gasteiger partial charge in [0.1, 0.15) is 5.60 Å². The van der Waals surface area contributed by atoms with Crippen LogP contribution in [0, 0.1) is 0 Å². The molecular formula is C17H17NO4. The van der Waals surface area contributed by atoms with Crippen molar-refractivity contribution in [2.75, 3.05) is 0 Å². The molecule has 2 fully saturated rings. The zero-order chi connectivity index (χ0) is 15.4. The van der Waals surface area contributed by atoms with Crippen LogP contribution in [-0.4, -0.2) is 32.8 Å². The molecule has 0 unspecified atom stereocenters. The largest absolute Gasteiger partial charge is 0.446 e. The molecule has 2 atom stereocenters. The Hall–Kier alpha value is -2.14. The third-order valence-electron chi connectivity index (χ3n) is 5.01. The van der Waals surface area contributed by atoms with E-state index in [2.05, 4.69) is 0 Å². The number of ether oxygens (including phenoxy) is 1. The van der Waals surface area contributed by atoms with Crippen molar-refractivity contribution in [1.82, 2.24) is 4.57 Å². The van der Waals surface area contributed by atoms with Crippen molar-refractivity contribution in [3.05, 3.63) is 36.5 Å². The minimum absolute atomic E-state index is 0.0993. The predicted molar refractivity (Wildman–Crippen MR) is 79.4 cm³/mol. The monoisotopic (exact) mass is 299 g/mol. The second kappa shape index (κ2) is 4.43. The van der Waals surface area contributed by atoms with Crippen molar-refractivity contribution in [2.24, 2.45) is 0 Å². The van der Waals surface area contributed by atoms with E-state index in [1.807, 2.05) is 30.3 Å². The molecule has 1 aliphatic heterocycles. The number of fused-ring (bicyclic) bond motifs is 2. The summed E-state index contributed by atoms with van der Waals surface area (Å²) in [6.45, 7) is 0. The minimum Gasteiger partial charge on any atom is -0.446 e. The summed E-state index contributed by atoms with van der Waals surface area (Å²) in [4.78, 5) is 25.0. The Labute approximate surface area is 127 Å². The highest BCUT2D eigenvalue weighted by molar-refractivity contribution is 6.00. The molecule has 0 bridgehead atoms. The van der Waals surface area contributed by atoms with Gasteiger partial charge in [-0.2, -0.15) is 0 Å². The SMILES string of the molecule is O=C1C[C@@]2(O)CCCC[C@]2(C(=O)n2ccc3ccccc32)O1. The summed E-state index contributed by atoms with van der Waals surface area (Å²) in [5.74, 6) is -0.837. The van der Waals surface area contributed by atoms with Crippen LogP contribution in [0.5, 0.6) is 0 Å². The predicted octanol–water partition coefficient (Wildman–Crippen LogP) is 2.27. The lowest BCUT2D eigenvalue weighted by Crippen LogP contribution is -2.59. The van der Waals surface area contributed by atoms with Crippen LogP contribution in [0.25, 0.3) is 10.9 Å². The first-order chi connectivity index (χ1) is 10.6. The van der Waals surface area contributed by atoms with Gasteiger partial charge in [-0.25, -0.2) is 0 Å². The van der Waals surface area contributed by atoms with Gasteiger partial charge in [-0.05, 0) is 31.4 Å². The van der Waals surface area contributed by atoms with E-state index >= 15 is 0 Å². The molecule has 0 spiro atoms. The summed E-state index contributed by atoms with van der Waals surface area (Å²) in [7, 11) is 0. The molecule has 2 aliphatic rings. The average Bonchev–Trinajstić information content (AvgIpc) is 3.04. The van der Waals surface area contributed by atoms with E-state index in [1.54, 1.807) is 6.20 Å². The molecule has 2 aromatic rings. The quantitative estimate of drug-likeness (QED) is 0.820. The van der Waals surface area contributed by atoms with Crippen LogP contribution >= 0.6 is 0 Å². The Morgan fingerprint density at radius 2 is 1.95 bits per heavy atom. The second-order valence-electron chi connectivity index (χ2n) is 6.27. The first-order valence-electron chi connectivity index (χ1n) is 7.61. The zero-order valence-electron chi connectivity index (χ0n) is 12.1. The van der Waals surface area contributed by atoms with Gasteiger partial charge < -0.3 is 9.84 Å². The van der Waals surface area contributed by atoms with Crippen LogP contribution in [0.2, 0.25) is 0 Å². The van der Waals surface area contributed by atoms with Gasteiger partial charge in [-0.15, -0.1) is 0 Å². The molecule has 1 aliphatic carbocycles. The normalized spacial score (nSPS) is 31.0. The fraction of sp³-hybridized carbons (Fsp3) is 0.412. The lowest BCUT2D eigenvalue weighted by molar-refractivity contribution is -0.155. The maximum atomic E-state index is 13.2. The average molecular weight is 299 g/mol. The van der Waals surface area contributed by atoms with Crippen LogP contribution in [0.1, 0.15) is 36.9 Å². The van der Waals surface area contributed by atoms with E-state index in [1.165, 1.54) is 4.57 Å². The van der Waals surface area contributed by atoms with E-state index in [0.717, 1.165) is 23.7 Å². The summed E-state index contributed by atoms with van der Waals surface area (Å²) in [6.07, 6.45) is 3.94. The maximum Gasteiger partial charge on any atom is 0.310 e. The van der Waals surface area contributed by atoms with Crippen LogP contribution in [0.15, 0.2) is 36.5 Å². The van der Waals surface area contributed by atoms with E-state index in [-0.39, 0.29) is 12.3 Å². The summed E-state index contributed by atoms with van der Waals surface area (Å²) in [6, 6.07) is 9.38. The molecule has 1 saturated heterocycles. The van der Waals surface area contributed by atoms with Crippen molar-refractivity contribution >= 4 is 22.8 Å². The number of esters is 1. The molecule has 1 aromatic carbocycles.